The highest BCUT2D eigenvalue weighted by Gasteiger charge is 2.27. The van der Waals surface area contributed by atoms with Crippen molar-refractivity contribution < 1.29 is 9.53 Å². The molecular formula is C17H24N2O2. The first kappa shape index (κ1) is 14.5. The van der Waals surface area contributed by atoms with E-state index in [4.69, 9.17) is 4.74 Å². The molecule has 1 aliphatic carbocycles. The second kappa shape index (κ2) is 6.58. The first-order chi connectivity index (χ1) is 10.2. The molecule has 21 heavy (non-hydrogen) atoms. The molecule has 4 heteroatoms. The molecule has 0 bridgehead atoms. The van der Waals surface area contributed by atoms with Gasteiger partial charge >= 0.3 is 0 Å². The van der Waals surface area contributed by atoms with E-state index in [9.17, 15) is 4.79 Å². The zero-order valence-electron chi connectivity index (χ0n) is 12.6. The zero-order chi connectivity index (χ0) is 14.7. The minimum atomic E-state index is 0.112. The lowest BCUT2D eigenvalue weighted by Gasteiger charge is -2.37. The van der Waals surface area contributed by atoms with Crippen molar-refractivity contribution in [3.8, 4) is 0 Å². The third-order valence-corrected chi connectivity index (χ3v) is 4.10. The molecule has 114 valence electrons. The molecule has 1 aliphatic heterocycles. The van der Waals surface area contributed by atoms with E-state index in [1.807, 2.05) is 18.2 Å². The maximum absolute atomic E-state index is 11.8. The second-order valence-corrected chi connectivity index (χ2v) is 6.20. The monoisotopic (exact) mass is 288 g/mol. The lowest BCUT2D eigenvalue weighted by atomic mass is 10.1. The number of benzene rings is 1. The van der Waals surface area contributed by atoms with Crippen LogP contribution in [0.2, 0.25) is 0 Å². The topological polar surface area (TPSA) is 41.6 Å². The van der Waals surface area contributed by atoms with Crippen LogP contribution in [0.3, 0.4) is 0 Å². The Morgan fingerprint density at radius 1 is 1.29 bits per heavy atom. The van der Waals surface area contributed by atoms with Crippen molar-refractivity contribution in [1.82, 2.24) is 10.2 Å². The molecule has 1 aromatic carbocycles. The quantitative estimate of drug-likeness (QED) is 0.902. The lowest BCUT2D eigenvalue weighted by Crippen LogP contribution is -2.44. The summed E-state index contributed by atoms with van der Waals surface area (Å²) in [6.45, 7) is 4.69. The molecule has 0 unspecified atom stereocenters. The minimum absolute atomic E-state index is 0.112. The average molecular weight is 288 g/mol. The molecule has 1 saturated heterocycles. The van der Waals surface area contributed by atoms with Crippen molar-refractivity contribution in [2.45, 2.75) is 44.4 Å². The molecule has 0 aromatic heterocycles. The Bertz CT molecular complexity index is 473. The third-order valence-electron chi connectivity index (χ3n) is 4.10. The third kappa shape index (κ3) is 4.29. The summed E-state index contributed by atoms with van der Waals surface area (Å²) in [6, 6.07) is 10.8. The summed E-state index contributed by atoms with van der Waals surface area (Å²) >= 11 is 0. The highest BCUT2D eigenvalue weighted by molar-refractivity contribution is 5.76. The zero-order valence-corrected chi connectivity index (χ0v) is 12.6. The van der Waals surface area contributed by atoms with Crippen molar-refractivity contribution in [2.75, 3.05) is 19.6 Å². The van der Waals surface area contributed by atoms with Gasteiger partial charge in [-0.2, -0.15) is 0 Å². The van der Waals surface area contributed by atoms with Gasteiger partial charge in [-0.15, -0.1) is 0 Å². The highest BCUT2D eigenvalue weighted by Crippen LogP contribution is 2.25. The van der Waals surface area contributed by atoms with Gasteiger partial charge in [-0.3, -0.25) is 9.69 Å². The van der Waals surface area contributed by atoms with Crippen LogP contribution in [0.1, 0.15) is 37.9 Å². The standard InChI is InChI=1S/C17H24N2O2/c1-13-11-19(10-9-17(20)18-15-7-8-15)12-16(21-13)14-5-3-2-4-6-14/h2-6,13,15-16H,7-12H2,1H3,(H,18,20)/t13-,16+/m0/s1. The van der Waals surface area contributed by atoms with Crippen molar-refractivity contribution in [3.05, 3.63) is 35.9 Å². The fourth-order valence-electron chi connectivity index (χ4n) is 2.86. The Labute approximate surface area is 126 Å². The second-order valence-electron chi connectivity index (χ2n) is 6.20. The molecule has 0 radical (unpaired) electrons. The van der Waals surface area contributed by atoms with Crippen LogP contribution in [0.5, 0.6) is 0 Å². The summed E-state index contributed by atoms with van der Waals surface area (Å²) in [6.07, 6.45) is 3.20. The van der Waals surface area contributed by atoms with E-state index in [0.29, 0.717) is 12.5 Å². The van der Waals surface area contributed by atoms with Crippen LogP contribution in [0.25, 0.3) is 0 Å². The molecule has 3 rings (SSSR count). The number of carbonyl (C=O) groups is 1. The van der Waals surface area contributed by atoms with E-state index in [0.717, 1.165) is 32.5 Å². The van der Waals surface area contributed by atoms with Crippen LogP contribution in [-0.2, 0) is 9.53 Å². The molecule has 2 atom stereocenters. The number of carbonyl (C=O) groups excluding carboxylic acids is 1. The van der Waals surface area contributed by atoms with Gasteiger partial charge in [0, 0.05) is 32.1 Å². The van der Waals surface area contributed by atoms with Crippen LogP contribution >= 0.6 is 0 Å². The molecule has 4 nitrogen and oxygen atoms in total. The van der Waals surface area contributed by atoms with E-state index in [2.05, 4.69) is 29.3 Å². The predicted molar refractivity (Wildman–Crippen MR) is 82.0 cm³/mol. The highest BCUT2D eigenvalue weighted by atomic mass is 16.5. The van der Waals surface area contributed by atoms with Gasteiger partial charge in [0.25, 0.3) is 0 Å². The van der Waals surface area contributed by atoms with Gasteiger partial charge in [0.05, 0.1) is 12.2 Å². The number of nitrogens with one attached hydrogen (secondary N) is 1. The van der Waals surface area contributed by atoms with Crippen molar-refractivity contribution >= 4 is 5.91 Å². The maximum atomic E-state index is 11.8. The normalized spacial score (nSPS) is 26.5. The van der Waals surface area contributed by atoms with Crippen molar-refractivity contribution in [3.63, 3.8) is 0 Å². The Kier molecular flexibility index (Phi) is 4.56. The van der Waals surface area contributed by atoms with Gasteiger partial charge in [0.15, 0.2) is 0 Å². The summed E-state index contributed by atoms with van der Waals surface area (Å²) in [7, 11) is 0. The number of ether oxygens (including phenoxy) is 1. The van der Waals surface area contributed by atoms with E-state index in [-0.39, 0.29) is 18.1 Å². The van der Waals surface area contributed by atoms with E-state index in [1.165, 1.54) is 5.56 Å². The molecular weight excluding hydrogens is 264 g/mol. The number of morpholine rings is 1. The molecule has 2 aliphatic rings. The molecule has 1 saturated carbocycles. The SMILES string of the molecule is C[C@H]1CN(CCC(=O)NC2CC2)C[C@H](c2ccccc2)O1. The molecule has 1 aromatic rings. The number of hydrogen-bond donors (Lipinski definition) is 1. The Morgan fingerprint density at radius 3 is 2.76 bits per heavy atom. The first-order valence-electron chi connectivity index (χ1n) is 7.93. The predicted octanol–water partition coefficient (Wildman–Crippen LogP) is 2.12. The smallest absolute Gasteiger partial charge is 0.221 e. The minimum Gasteiger partial charge on any atom is -0.368 e. The number of amides is 1. The first-order valence-corrected chi connectivity index (χ1v) is 7.93. The molecule has 1 amide bonds. The van der Waals surface area contributed by atoms with Gasteiger partial charge < -0.3 is 10.1 Å². The van der Waals surface area contributed by atoms with Crippen molar-refractivity contribution in [2.24, 2.45) is 0 Å². The van der Waals surface area contributed by atoms with Gasteiger partial charge in [0.1, 0.15) is 0 Å². The fourth-order valence-corrected chi connectivity index (χ4v) is 2.86. The number of nitrogens with zero attached hydrogens (tertiary/aromatic N) is 1. The average Bonchev–Trinajstić information content (AvgIpc) is 3.29. The van der Waals surface area contributed by atoms with Crippen LogP contribution in [0.15, 0.2) is 30.3 Å². The Morgan fingerprint density at radius 2 is 2.05 bits per heavy atom. The van der Waals surface area contributed by atoms with Crippen LogP contribution in [-0.4, -0.2) is 42.6 Å². The van der Waals surface area contributed by atoms with Crippen LogP contribution in [0, 0.1) is 0 Å². The summed E-state index contributed by atoms with van der Waals surface area (Å²) in [5.74, 6) is 0.188. The van der Waals surface area contributed by atoms with Gasteiger partial charge in [-0.1, -0.05) is 30.3 Å². The summed E-state index contributed by atoms with van der Waals surface area (Å²) in [5.41, 5.74) is 1.22. The summed E-state index contributed by atoms with van der Waals surface area (Å²) in [4.78, 5) is 14.1. The van der Waals surface area contributed by atoms with Crippen molar-refractivity contribution in [1.29, 1.82) is 0 Å². The number of rotatable bonds is 5. The number of hydrogen-bond acceptors (Lipinski definition) is 3. The Balaban J connectivity index is 1.51. The summed E-state index contributed by atoms with van der Waals surface area (Å²) < 4.78 is 6.04. The lowest BCUT2D eigenvalue weighted by molar-refractivity contribution is -0.122. The van der Waals surface area contributed by atoms with Gasteiger partial charge in [-0.25, -0.2) is 0 Å². The fraction of sp³-hybridized carbons (Fsp3) is 0.588. The van der Waals surface area contributed by atoms with Gasteiger partial charge in [-0.05, 0) is 25.3 Å². The largest absolute Gasteiger partial charge is 0.368 e. The summed E-state index contributed by atoms with van der Waals surface area (Å²) in [5, 5.41) is 3.05. The molecule has 0 spiro atoms. The van der Waals surface area contributed by atoms with E-state index >= 15 is 0 Å². The molecule has 2 fully saturated rings. The van der Waals surface area contributed by atoms with Gasteiger partial charge in [0.2, 0.25) is 5.91 Å². The molecule has 1 N–H and O–H groups in total. The van der Waals surface area contributed by atoms with Crippen LogP contribution < -0.4 is 5.32 Å². The van der Waals surface area contributed by atoms with Crippen LogP contribution in [0.4, 0.5) is 0 Å². The Hall–Kier alpha value is -1.39. The molecule has 1 heterocycles. The van der Waals surface area contributed by atoms with E-state index in [1.54, 1.807) is 0 Å². The van der Waals surface area contributed by atoms with E-state index < -0.39 is 0 Å². The maximum Gasteiger partial charge on any atom is 0.221 e.